The van der Waals surface area contributed by atoms with Crippen LogP contribution in [0.5, 0.6) is 0 Å². The number of hydrogen-bond donors (Lipinski definition) is 2. The van der Waals surface area contributed by atoms with E-state index >= 15 is 0 Å². The molecular formula is C8H11ClN5O2S-. The van der Waals surface area contributed by atoms with Gasteiger partial charge in [-0.2, -0.15) is 4.63 Å². The Labute approximate surface area is 105 Å². The summed E-state index contributed by atoms with van der Waals surface area (Å²) in [4.78, 5) is 4.26. The van der Waals surface area contributed by atoms with E-state index in [9.17, 15) is 8.76 Å². The molecule has 0 fully saturated rings. The van der Waals surface area contributed by atoms with Gasteiger partial charge in [0.1, 0.15) is 5.02 Å². The highest BCUT2D eigenvalue weighted by atomic mass is 35.5. The third-order valence-corrected chi connectivity index (χ3v) is 3.23. The largest absolute Gasteiger partial charge is 0.760 e. The molecule has 2 heterocycles. The highest BCUT2D eigenvalue weighted by molar-refractivity contribution is 7.77. The molecule has 2 unspecified atom stereocenters. The van der Waals surface area contributed by atoms with Crippen LogP contribution in [0.25, 0.3) is 5.65 Å². The Bertz CT molecular complexity index is 566. The fraction of sp³-hybridized carbons (Fsp3) is 0.500. The van der Waals surface area contributed by atoms with Crippen LogP contribution in [0.15, 0.2) is 0 Å². The molecule has 0 aliphatic heterocycles. The predicted octanol–water partition coefficient (Wildman–Crippen LogP) is 0.506. The number of rotatable bonds is 4. The topological polar surface area (TPSA) is 98.1 Å². The second-order valence-corrected chi connectivity index (χ2v) is 4.88. The first-order chi connectivity index (χ1) is 7.99. The monoisotopic (exact) mass is 276 g/mol. The average molecular weight is 277 g/mol. The van der Waals surface area contributed by atoms with Crippen LogP contribution in [0.1, 0.15) is 24.4 Å². The van der Waals surface area contributed by atoms with Crippen molar-refractivity contribution in [2.45, 2.75) is 19.8 Å². The molecule has 94 valence electrons. The maximum Gasteiger partial charge on any atom is 0.194 e. The highest BCUT2D eigenvalue weighted by Gasteiger charge is 2.16. The van der Waals surface area contributed by atoms with E-state index in [0.717, 1.165) is 5.69 Å². The Kier molecular flexibility index (Phi) is 3.48. The number of hydrogen-bond acceptors (Lipinski definition) is 4. The van der Waals surface area contributed by atoms with Gasteiger partial charge >= 0.3 is 0 Å². The summed E-state index contributed by atoms with van der Waals surface area (Å²) in [5.74, 6) is 0.411. The van der Waals surface area contributed by atoms with Crippen LogP contribution in [0.2, 0.25) is 5.02 Å². The molecule has 2 aromatic heterocycles. The highest BCUT2D eigenvalue weighted by Crippen LogP contribution is 2.21. The van der Waals surface area contributed by atoms with E-state index in [4.69, 9.17) is 11.6 Å². The van der Waals surface area contributed by atoms with Gasteiger partial charge in [0, 0.05) is 23.7 Å². The summed E-state index contributed by atoms with van der Waals surface area (Å²) >= 11 is 3.75. The van der Waals surface area contributed by atoms with E-state index in [-0.39, 0.29) is 12.5 Å². The van der Waals surface area contributed by atoms with E-state index in [0.29, 0.717) is 16.5 Å². The number of fused-ring (bicyclic) bond motifs is 1. The van der Waals surface area contributed by atoms with Gasteiger partial charge in [-0.15, -0.1) is 5.10 Å². The lowest BCUT2D eigenvalue weighted by molar-refractivity contribution is 0.517. The lowest BCUT2D eigenvalue weighted by Gasteiger charge is -2.10. The average Bonchev–Trinajstić information content (AvgIpc) is 2.77. The first-order valence-corrected chi connectivity index (χ1v) is 6.38. The minimum atomic E-state index is -2.27. The SMILES string of the molecule is Cc1[nH]n2nc(C(C)CNS(=O)[O-])nc2c1Cl. The van der Waals surface area contributed by atoms with Crippen molar-refractivity contribution in [1.82, 2.24) is 24.5 Å². The third-order valence-electron chi connectivity index (χ3n) is 2.37. The number of aryl methyl sites for hydroxylation is 1. The summed E-state index contributed by atoms with van der Waals surface area (Å²) in [5, 5.41) is 7.66. The normalized spacial score (nSPS) is 15.3. The molecule has 0 saturated carbocycles. The van der Waals surface area contributed by atoms with Crippen molar-refractivity contribution in [1.29, 1.82) is 0 Å². The van der Waals surface area contributed by atoms with E-state index in [1.165, 1.54) is 4.63 Å². The minimum absolute atomic E-state index is 0.127. The van der Waals surface area contributed by atoms with Gasteiger partial charge in [-0.05, 0) is 6.92 Å². The van der Waals surface area contributed by atoms with Crippen LogP contribution in [0.3, 0.4) is 0 Å². The van der Waals surface area contributed by atoms with Crippen LogP contribution in [-0.2, 0) is 11.3 Å². The maximum absolute atomic E-state index is 10.4. The lowest BCUT2D eigenvalue weighted by Crippen LogP contribution is -2.22. The zero-order valence-electron chi connectivity index (χ0n) is 9.23. The number of halogens is 1. The Morgan fingerprint density at radius 2 is 2.41 bits per heavy atom. The van der Waals surface area contributed by atoms with Crippen LogP contribution in [0.4, 0.5) is 0 Å². The molecule has 2 atom stereocenters. The van der Waals surface area contributed by atoms with Gasteiger partial charge in [-0.25, -0.2) is 9.71 Å². The Morgan fingerprint density at radius 3 is 3.00 bits per heavy atom. The van der Waals surface area contributed by atoms with Gasteiger partial charge in [-0.3, -0.25) is 9.31 Å². The quantitative estimate of drug-likeness (QED) is 0.795. The zero-order chi connectivity index (χ0) is 12.6. The molecule has 0 spiro atoms. The van der Waals surface area contributed by atoms with Crippen molar-refractivity contribution in [2.24, 2.45) is 0 Å². The molecule has 9 heteroatoms. The van der Waals surface area contributed by atoms with E-state index in [1.807, 2.05) is 13.8 Å². The summed E-state index contributed by atoms with van der Waals surface area (Å²) in [5.41, 5.74) is 1.34. The summed E-state index contributed by atoms with van der Waals surface area (Å²) in [6.45, 7) is 3.90. The maximum atomic E-state index is 10.4. The molecule has 17 heavy (non-hydrogen) atoms. The van der Waals surface area contributed by atoms with Crippen molar-refractivity contribution >= 4 is 28.5 Å². The second-order valence-electron chi connectivity index (χ2n) is 3.74. The Hall–Kier alpha value is -0.960. The summed E-state index contributed by atoms with van der Waals surface area (Å²) in [7, 11) is 0. The fourth-order valence-corrected chi connectivity index (χ4v) is 1.97. The van der Waals surface area contributed by atoms with Crippen molar-refractivity contribution < 1.29 is 8.76 Å². The van der Waals surface area contributed by atoms with E-state index in [2.05, 4.69) is 19.9 Å². The molecule has 2 aromatic rings. The smallest absolute Gasteiger partial charge is 0.194 e. The number of H-pyrrole nitrogens is 1. The third kappa shape index (κ3) is 2.49. The summed E-state index contributed by atoms with van der Waals surface area (Å²) in [6.07, 6.45) is 0. The van der Waals surface area contributed by atoms with Crippen LogP contribution >= 0.6 is 11.6 Å². The van der Waals surface area contributed by atoms with Gasteiger partial charge in [-0.1, -0.05) is 18.5 Å². The Morgan fingerprint density at radius 1 is 1.71 bits per heavy atom. The standard InChI is InChI=1S/C8H12ClN5O2S/c1-4(3-10-17(15)16)7-11-8-6(9)5(2)12-14(8)13-7/h4,10,12H,3H2,1-2H3,(H,15,16)/p-1. The number of aromatic nitrogens is 4. The van der Waals surface area contributed by atoms with Crippen molar-refractivity contribution in [2.75, 3.05) is 6.54 Å². The molecule has 0 amide bonds. The molecule has 0 saturated heterocycles. The molecule has 0 aromatic carbocycles. The van der Waals surface area contributed by atoms with Gasteiger partial charge < -0.3 is 4.55 Å². The second kappa shape index (κ2) is 4.73. The molecular weight excluding hydrogens is 266 g/mol. The predicted molar refractivity (Wildman–Crippen MR) is 62.4 cm³/mol. The number of aromatic amines is 1. The lowest BCUT2D eigenvalue weighted by atomic mass is 10.2. The number of nitrogens with zero attached hydrogens (tertiary/aromatic N) is 3. The van der Waals surface area contributed by atoms with Crippen LogP contribution in [-0.4, -0.2) is 35.1 Å². The molecule has 0 radical (unpaired) electrons. The Balaban J connectivity index is 2.21. The van der Waals surface area contributed by atoms with Crippen molar-refractivity contribution in [3.8, 4) is 0 Å². The van der Waals surface area contributed by atoms with Crippen molar-refractivity contribution in [3.05, 3.63) is 16.5 Å². The first-order valence-electron chi connectivity index (χ1n) is 4.92. The summed E-state index contributed by atoms with van der Waals surface area (Å²) < 4.78 is 24.5. The molecule has 2 N–H and O–H groups in total. The van der Waals surface area contributed by atoms with Crippen molar-refractivity contribution in [3.63, 3.8) is 0 Å². The molecule has 2 rings (SSSR count). The zero-order valence-corrected chi connectivity index (χ0v) is 10.8. The number of nitrogens with one attached hydrogen (secondary N) is 2. The molecule has 0 aliphatic rings. The minimum Gasteiger partial charge on any atom is -0.760 e. The van der Waals surface area contributed by atoms with Crippen LogP contribution < -0.4 is 4.72 Å². The first kappa shape index (κ1) is 12.5. The van der Waals surface area contributed by atoms with Gasteiger partial charge in [0.2, 0.25) is 0 Å². The van der Waals surface area contributed by atoms with Gasteiger partial charge in [0.05, 0.1) is 5.69 Å². The van der Waals surface area contributed by atoms with Gasteiger partial charge in [0.25, 0.3) is 0 Å². The van der Waals surface area contributed by atoms with E-state index < -0.39 is 11.3 Å². The summed E-state index contributed by atoms with van der Waals surface area (Å²) in [6, 6.07) is 0. The molecule has 0 aliphatic carbocycles. The van der Waals surface area contributed by atoms with E-state index in [1.54, 1.807) is 0 Å². The molecule has 7 nitrogen and oxygen atoms in total. The molecule has 0 bridgehead atoms. The fourth-order valence-electron chi connectivity index (χ4n) is 1.42. The van der Waals surface area contributed by atoms with Gasteiger partial charge in [0.15, 0.2) is 11.5 Å². The van der Waals surface area contributed by atoms with Crippen LogP contribution in [0, 0.1) is 6.92 Å².